The van der Waals surface area contributed by atoms with Crippen molar-refractivity contribution in [3.05, 3.63) is 29.3 Å². The third kappa shape index (κ3) is 5.76. The summed E-state index contributed by atoms with van der Waals surface area (Å²) in [7, 11) is 0. The van der Waals surface area contributed by atoms with Gasteiger partial charge in [0.1, 0.15) is 0 Å². The first-order chi connectivity index (χ1) is 6.11. The summed E-state index contributed by atoms with van der Waals surface area (Å²) in [5.41, 5.74) is 4.85. The molecule has 1 atom stereocenters. The average molecular weight is 222 g/mol. The minimum Gasteiger partial charge on any atom is -0.331 e. The zero-order valence-corrected chi connectivity index (χ0v) is 8.81. The van der Waals surface area contributed by atoms with E-state index < -0.39 is 11.1 Å². The normalized spacial score (nSPS) is 11.4. The number of benzene rings is 1. The van der Waals surface area contributed by atoms with Gasteiger partial charge < -0.3 is 10.3 Å². The summed E-state index contributed by atoms with van der Waals surface area (Å²) in [4.78, 5) is 0.365. The van der Waals surface area contributed by atoms with Crippen LogP contribution in [0.3, 0.4) is 0 Å². The quantitative estimate of drug-likeness (QED) is 0.712. The number of rotatable bonds is 1. The van der Waals surface area contributed by atoms with Crippen molar-refractivity contribution < 1.29 is 8.76 Å². The molecule has 0 saturated heterocycles. The van der Waals surface area contributed by atoms with Crippen molar-refractivity contribution in [2.75, 3.05) is 6.54 Å². The Labute approximate surface area is 85.2 Å². The molecule has 0 aliphatic heterocycles. The van der Waals surface area contributed by atoms with Crippen LogP contribution in [0.25, 0.3) is 0 Å². The molecule has 0 amide bonds. The average Bonchev–Trinajstić information content (AvgIpc) is 2.06. The van der Waals surface area contributed by atoms with Crippen molar-refractivity contribution in [3.8, 4) is 0 Å². The number of halogens is 1. The fraction of sp³-hybridized carbons (Fsp3) is 0.250. The molecular formula is C8H12ClNO2S. The Bertz CT molecular complexity index is 263. The van der Waals surface area contributed by atoms with E-state index in [-0.39, 0.29) is 0 Å². The van der Waals surface area contributed by atoms with E-state index in [1.54, 1.807) is 12.1 Å². The van der Waals surface area contributed by atoms with E-state index in [0.29, 0.717) is 9.92 Å². The molecule has 0 spiro atoms. The first-order valence-electron chi connectivity index (χ1n) is 3.68. The zero-order valence-electron chi connectivity index (χ0n) is 7.24. The van der Waals surface area contributed by atoms with Crippen LogP contribution in [0.1, 0.15) is 6.92 Å². The summed E-state index contributed by atoms with van der Waals surface area (Å²) in [6.07, 6.45) is 0. The maximum Gasteiger partial charge on any atom is 0.186 e. The third-order valence-electron chi connectivity index (χ3n) is 1.02. The lowest BCUT2D eigenvalue weighted by atomic mass is 10.4. The highest BCUT2D eigenvalue weighted by molar-refractivity contribution is 7.79. The van der Waals surface area contributed by atoms with Gasteiger partial charge in [0.25, 0.3) is 0 Å². The monoisotopic (exact) mass is 221 g/mol. The molecule has 0 fully saturated rings. The standard InChI is InChI=1S/C6H5ClO2S.C2H7N/c7-5-1-3-6(4-2-5)10(8)9;1-2-3/h1-4H,(H,8,9);2-3H2,1H3. The second kappa shape index (κ2) is 7.03. The Kier molecular flexibility index (Phi) is 6.80. The molecule has 74 valence electrons. The molecule has 3 nitrogen and oxygen atoms in total. The van der Waals surface area contributed by atoms with Crippen LogP contribution < -0.4 is 5.73 Å². The van der Waals surface area contributed by atoms with E-state index in [1.807, 2.05) is 6.92 Å². The minimum atomic E-state index is -1.90. The van der Waals surface area contributed by atoms with Crippen LogP contribution in [0.2, 0.25) is 5.02 Å². The van der Waals surface area contributed by atoms with E-state index in [1.165, 1.54) is 12.1 Å². The molecule has 1 aromatic rings. The highest BCUT2D eigenvalue weighted by Gasteiger charge is 1.96. The van der Waals surface area contributed by atoms with Gasteiger partial charge in [-0.25, -0.2) is 4.21 Å². The van der Waals surface area contributed by atoms with Crippen molar-refractivity contribution >= 4 is 22.7 Å². The Morgan fingerprint density at radius 2 is 1.85 bits per heavy atom. The Morgan fingerprint density at radius 3 is 2.15 bits per heavy atom. The van der Waals surface area contributed by atoms with Gasteiger partial charge in [-0.15, -0.1) is 0 Å². The number of hydrogen-bond acceptors (Lipinski definition) is 2. The van der Waals surface area contributed by atoms with E-state index in [0.717, 1.165) is 6.54 Å². The Morgan fingerprint density at radius 1 is 1.46 bits per heavy atom. The molecule has 13 heavy (non-hydrogen) atoms. The first kappa shape index (κ1) is 12.6. The van der Waals surface area contributed by atoms with Crippen LogP contribution in [-0.2, 0) is 11.1 Å². The molecule has 1 unspecified atom stereocenters. The molecule has 0 bridgehead atoms. The van der Waals surface area contributed by atoms with Gasteiger partial charge in [0, 0.05) is 5.02 Å². The molecule has 3 N–H and O–H groups in total. The predicted molar refractivity (Wildman–Crippen MR) is 55.2 cm³/mol. The molecule has 0 radical (unpaired) electrons. The highest BCUT2D eigenvalue weighted by atomic mass is 35.5. The number of nitrogens with two attached hydrogens (primary N) is 1. The smallest absolute Gasteiger partial charge is 0.186 e. The topological polar surface area (TPSA) is 63.3 Å². The van der Waals surface area contributed by atoms with Crippen LogP contribution in [-0.4, -0.2) is 15.3 Å². The Hall–Kier alpha value is -0.420. The lowest BCUT2D eigenvalue weighted by Crippen LogP contribution is -1.87. The lowest BCUT2D eigenvalue weighted by Gasteiger charge is -1.92. The van der Waals surface area contributed by atoms with Crippen molar-refractivity contribution in [3.63, 3.8) is 0 Å². The summed E-state index contributed by atoms with van der Waals surface area (Å²) in [5.74, 6) is 0. The van der Waals surface area contributed by atoms with E-state index in [2.05, 4.69) is 0 Å². The lowest BCUT2D eigenvalue weighted by molar-refractivity contribution is 0.564. The molecule has 0 aliphatic carbocycles. The SMILES string of the molecule is CCN.O=S(O)c1ccc(Cl)cc1. The van der Waals surface area contributed by atoms with Gasteiger partial charge in [-0.1, -0.05) is 18.5 Å². The molecule has 1 aromatic carbocycles. The minimum absolute atomic E-state index is 0.365. The van der Waals surface area contributed by atoms with Crippen LogP contribution in [0.5, 0.6) is 0 Å². The molecule has 0 aromatic heterocycles. The maximum absolute atomic E-state index is 10.4. The Balaban J connectivity index is 0.000000424. The van der Waals surface area contributed by atoms with Crippen molar-refractivity contribution in [2.45, 2.75) is 11.8 Å². The van der Waals surface area contributed by atoms with Crippen molar-refractivity contribution in [1.82, 2.24) is 0 Å². The fourth-order valence-electron chi connectivity index (χ4n) is 0.551. The van der Waals surface area contributed by atoms with Gasteiger partial charge >= 0.3 is 0 Å². The summed E-state index contributed by atoms with van der Waals surface area (Å²) >= 11 is 3.64. The summed E-state index contributed by atoms with van der Waals surface area (Å²) < 4.78 is 18.9. The van der Waals surface area contributed by atoms with Gasteiger partial charge in [0.05, 0.1) is 4.90 Å². The second-order valence-electron chi connectivity index (χ2n) is 2.11. The van der Waals surface area contributed by atoms with Gasteiger partial charge in [0.2, 0.25) is 0 Å². The van der Waals surface area contributed by atoms with E-state index >= 15 is 0 Å². The molecule has 0 saturated carbocycles. The summed E-state index contributed by atoms with van der Waals surface area (Å²) in [6.45, 7) is 2.65. The van der Waals surface area contributed by atoms with Gasteiger partial charge in [-0.2, -0.15) is 0 Å². The van der Waals surface area contributed by atoms with Crippen molar-refractivity contribution in [2.24, 2.45) is 5.73 Å². The molecular weight excluding hydrogens is 210 g/mol. The maximum atomic E-state index is 10.4. The van der Waals surface area contributed by atoms with Crippen LogP contribution in [0.4, 0.5) is 0 Å². The highest BCUT2D eigenvalue weighted by Crippen LogP contribution is 2.10. The van der Waals surface area contributed by atoms with Gasteiger partial charge in [0.15, 0.2) is 11.1 Å². The largest absolute Gasteiger partial charge is 0.331 e. The van der Waals surface area contributed by atoms with Gasteiger partial charge in [-0.05, 0) is 30.8 Å². The zero-order chi connectivity index (χ0) is 10.3. The molecule has 5 heteroatoms. The fourth-order valence-corrected chi connectivity index (χ4v) is 1.05. The number of hydrogen-bond donors (Lipinski definition) is 2. The van der Waals surface area contributed by atoms with Crippen LogP contribution >= 0.6 is 11.6 Å². The summed E-state index contributed by atoms with van der Waals surface area (Å²) in [5, 5.41) is 0.564. The van der Waals surface area contributed by atoms with Gasteiger partial charge in [-0.3, -0.25) is 0 Å². The van der Waals surface area contributed by atoms with E-state index in [9.17, 15) is 4.21 Å². The summed E-state index contributed by atoms with van der Waals surface area (Å²) in [6, 6.07) is 6.17. The molecule has 1 rings (SSSR count). The first-order valence-corrected chi connectivity index (χ1v) is 5.16. The van der Waals surface area contributed by atoms with Crippen LogP contribution in [0.15, 0.2) is 29.2 Å². The third-order valence-corrected chi connectivity index (χ3v) is 1.94. The van der Waals surface area contributed by atoms with Crippen molar-refractivity contribution in [1.29, 1.82) is 0 Å². The predicted octanol–water partition coefficient (Wildman–Crippen LogP) is 1.89. The molecule has 0 heterocycles. The van der Waals surface area contributed by atoms with E-state index in [4.69, 9.17) is 21.9 Å². The second-order valence-corrected chi connectivity index (χ2v) is 3.52. The van der Waals surface area contributed by atoms with Crippen LogP contribution in [0, 0.1) is 0 Å². The molecule has 0 aliphatic rings.